The first-order valence-corrected chi connectivity index (χ1v) is 8.55. The fourth-order valence-corrected chi connectivity index (χ4v) is 2.76. The number of aromatic nitrogens is 2. The molecule has 0 aliphatic rings. The molecule has 25 heavy (non-hydrogen) atoms. The average molecular weight is 336 g/mol. The van der Waals surface area contributed by atoms with Gasteiger partial charge in [-0.05, 0) is 30.2 Å². The molecule has 3 aromatic rings. The van der Waals surface area contributed by atoms with E-state index in [9.17, 15) is 4.79 Å². The monoisotopic (exact) mass is 336 g/mol. The Bertz CT molecular complexity index is 869. The van der Waals surface area contributed by atoms with Crippen LogP contribution in [0.5, 0.6) is 0 Å². The van der Waals surface area contributed by atoms with E-state index in [-0.39, 0.29) is 17.9 Å². The molecule has 1 heterocycles. The van der Waals surface area contributed by atoms with E-state index in [1.54, 1.807) is 0 Å². The third-order valence-corrected chi connectivity index (χ3v) is 4.54. The van der Waals surface area contributed by atoms with Crippen molar-refractivity contribution in [2.24, 2.45) is 11.7 Å². The molecular formula is C20H24N4O. The highest BCUT2D eigenvalue weighted by molar-refractivity contribution is 5.79. The van der Waals surface area contributed by atoms with Gasteiger partial charge in [-0.1, -0.05) is 43.3 Å². The van der Waals surface area contributed by atoms with E-state index >= 15 is 0 Å². The molecule has 0 aliphatic heterocycles. The zero-order valence-corrected chi connectivity index (χ0v) is 14.6. The van der Waals surface area contributed by atoms with E-state index in [1.165, 1.54) is 5.56 Å². The molecule has 5 nitrogen and oxygen atoms in total. The van der Waals surface area contributed by atoms with Crippen molar-refractivity contribution in [2.75, 3.05) is 0 Å². The number of amides is 1. The standard InChI is InChI=1S/C20H24N4O/c1-14(15(2)21)20(25)22-11-16-6-5-7-17(10-16)12-24-13-23-18-8-3-4-9-19(18)24/h3-10,13-15H,11-12,21H2,1-2H3,(H,22,25). The Morgan fingerprint density at radius 2 is 1.92 bits per heavy atom. The number of nitrogens with one attached hydrogen (secondary N) is 1. The second-order valence-electron chi connectivity index (χ2n) is 6.55. The molecule has 0 fully saturated rings. The quantitative estimate of drug-likeness (QED) is 0.727. The van der Waals surface area contributed by atoms with Gasteiger partial charge in [-0.25, -0.2) is 4.98 Å². The van der Waals surface area contributed by atoms with Crippen molar-refractivity contribution in [3.8, 4) is 0 Å². The summed E-state index contributed by atoms with van der Waals surface area (Å²) in [4.78, 5) is 16.5. The summed E-state index contributed by atoms with van der Waals surface area (Å²) in [5.41, 5.74) is 10.1. The molecule has 1 aromatic heterocycles. The molecule has 3 rings (SSSR count). The Labute approximate surface area is 147 Å². The summed E-state index contributed by atoms with van der Waals surface area (Å²) in [6.45, 7) is 4.95. The number of nitrogens with zero attached hydrogens (tertiary/aromatic N) is 2. The first-order valence-electron chi connectivity index (χ1n) is 8.55. The minimum Gasteiger partial charge on any atom is -0.352 e. The summed E-state index contributed by atoms with van der Waals surface area (Å²) in [5, 5.41) is 2.96. The van der Waals surface area contributed by atoms with Gasteiger partial charge < -0.3 is 15.6 Å². The van der Waals surface area contributed by atoms with Gasteiger partial charge in [-0.2, -0.15) is 0 Å². The van der Waals surface area contributed by atoms with Crippen LogP contribution in [0.4, 0.5) is 0 Å². The number of benzene rings is 2. The summed E-state index contributed by atoms with van der Waals surface area (Å²) < 4.78 is 2.13. The molecule has 0 spiro atoms. The molecule has 2 unspecified atom stereocenters. The van der Waals surface area contributed by atoms with Crippen molar-refractivity contribution in [3.05, 3.63) is 66.0 Å². The number of hydrogen-bond acceptors (Lipinski definition) is 3. The Morgan fingerprint density at radius 3 is 2.72 bits per heavy atom. The molecule has 0 radical (unpaired) electrons. The van der Waals surface area contributed by atoms with Crippen LogP contribution in [0.3, 0.4) is 0 Å². The van der Waals surface area contributed by atoms with Crippen LogP contribution in [0.25, 0.3) is 11.0 Å². The minimum atomic E-state index is -0.194. The maximum atomic E-state index is 12.0. The highest BCUT2D eigenvalue weighted by atomic mass is 16.1. The maximum Gasteiger partial charge on any atom is 0.224 e. The number of carbonyl (C=O) groups excluding carboxylic acids is 1. The smallest absolute Gasteiger partial charge is 0.224 e. The van der Waals surface area contributed by atoms with E-state index < -0.39 is 0 Å². The molecular weight excluding hydrogens is 312 g/mol. The number of carbonyl (C=O) groups is 1. The Balaban J connectivity index is 1.68. The van der Waals surface area contributed by atoms with E-state index in [0.29, 0.717) is 6.54 Å². The van der Waals surface area contributed by atoms with E-state index in [4.69, 9.17) is 5.73 Å². The van der Waals surface area contributed by atoms with Gasteiger partial charge in [0.1, 0.15) is 0 Å². The number of hydrogen-bond donors (Lipinski definition) is 2. The first kappa shape index (κ1) is 17.2. The van der Waals surface area contributed by atoms with Gasteiger partial charge in [0.15, 0.2) is 0 Å². The molecule has 0 saturated heterocycles. The molecule has 0 aliphatic carbocycles. The van der Waals surface area contributed by atoms with E-state index in [0.717, 1.165) is 23.1 Å². The van der Waals surface area contributed by atoms with Crippen LogP contribution in [-0.4, -0.2) is 21.5 Å². The van der Waals surface area contributed by atoms with Gasteiger partial charge in [-0.3, -0.25) is 4.79 Å². The van der Waals surface area contributed by atoms with Crippen molar-refractivity contribution in [1.82, 2.24) is 14.9 Å². The van der Waals surface area contributed by atoms with Gasteiger partial charge in [0.25, 0.3) is 0 Å². The lowest BCUT2D eigenvalue weighted by Crippen LogP contribution is -2.38. The molecule has 130 valence electrons. The Kier molecular flexibility index (Phi) is 5.14. The summed E-state index contributed by atoms with van der Waals surface area (Å²) in [6.07, 6.45) is 1.86. The Hall–Kier alpha value is -2.66. The van der Waals surface area contributed by atoms with Crippen LogP contribution < -0.4 is 11.1 Å². The predicted molar refractivity (Wildman–Crippen MR) is 99.9 cm³/mol. The lowest BCUT2D eigenvalue weighted by molar-refractivity contribution is -0.125. The van der Waals surface area contributed by atoms with Crippen molar-refractivity contribution >= 4 is 16.9 Å². The third kappa shape index (κ3) is 4.06. The number of fused-ring (bicyclic) bond motifs is 1. The molecule has 0 bridgehead atoms. The van der Waals surface area contributed by atoms with Gasteiger partial charge in [0, 0.05) is 25.0 Å². The predicted octanol–water partition coefficient (Wildman–Crippen LogP) is 2.68. The maximum absolute atomic E-state index is 12.0. The fraction of sp³-hybridized carbons (Fsp3) is 0.300. The van der Waals surface area contributed by atoms with Crippen LogP contribution >= 0.6 is 0 Å². The molecule has 0 saturated carbocycles. The van der Waals surface area contributed by atoms with Crippen LogP contribution in [0.15, 0.2) is 54.9 Å². The second-order valence-corrected chi connectivity index (χ2v) is 6.55. The van der Waals surface area contributed by atoms with Crippen molar-refractivity contribution in [2.45, 2.75) is 33.0 Å². The number of rotatable bonds is 6. The second kappa shape index (κ2) is 7.49. The minimum absolute atomic E-state index is 0.0130. The first-order chi connectivity index (χ1) is 12.0. The average Bonchev–Trinajstić information content (AvgIpc) is 3.02. The van der Waals surface area contributed by atoms with Crippen molar-refractivity contribution in [1.29, 1.82) is 0 Å². The normalized spacial score (nSPS) is 13.6. The van der Waals surface area contributed by atoms with Gasteiger partial charge in [-0.15, -0.1) is 0 Å². The highest BCUT2D eigenvalue weighted by Crippen LogP contribution is 2.15. The summed E-state index contributed by atoms with van der Waals surface area (Å²) in [5.74, 6) is -0.207. The van der Waals surface area contributed by atoms with Crippen LogP contribution in [-0.2, 0) is 17.9 Å². The van der Waals surface area contributed by atoms with Crippen LogP contribution in [0.1, 0.15) is 25.0 Å². The topological polar surface area (TPSA) is 72.9 Å². The molecule has 1 amide bonds. The number of nitrogens with two attached hydrogens (primary N) is 1. The zero-order chi connectivity index (χ0) is 17.8. The Morgan fingerprint density at radius 1 is 1.16 bits per heavy atom. The number of para-hydroxylation sites is 2. The molecule has 2 aromatic carbocycles. The fourth-order valence-electron chi connectivity index (χ4n) is 2.76. The largest absolute Gasteiger partial charge is 0.352 e. The van der Waals surface area contributed by atoms with E-state index in [1.807, 2.05) is 50.5 Å². The molecule has 5 heteroatoms. The SMILES string of the molecule is CC(N)C(C)C(=O)NCc1cccc(Cn2cnc3ccccc32)c1. The summed E-state index contributed by atoms with van der Waals surface area (Å²) >= 11 is 0. The van der Waals surface area contributed by atoms with E-state index in [2.05, 4.69) is 33.1 Å². The van der Waals surface area contributed by atoms with Crippen LogP contribution in [0.2, 0.25) is 0 Å². The van der Waals surface area contributed by atoms with Crippen molar-refractivity contribution in [3.63, 3.8) is 0 Å². The lowest BCUT2D eigenvalue weighted by Gasteiger charge is -2.15. The molecule has 2 atom stereocenters. The highest BCUT2D eigenvalue weighted by Gasteiger charge is 2.16. The number of imidazole rings is 1. The van der Waals surface area contributed by atoms with Gasteiger partial charge in [0.2, 0.25) is 5.91 Å². The summed E-state index contributed by atoms with van der Waals surface area (Å²) in [7, 11) is 0. The summed E-state index contributed by atoms with van der Waals surface area (Å²) in [6, 6.07) is 16.2. The molecule has 3 N–H and O–H groups in total. The zero-order valence-electron chi connectivity index (χ0n) is 14.6. The van der Waals surface area contributed by atoms with Crippen molar-refractivity contribution < 1.29 is 4.79 Å². The third-order valence-electron chi connectivity index (χ3n) is 4.54. The van der Waals surface area contributed by atoms with Gasteiger partial charge in [0.05, 0.1) is 17.4 Å². The lowest BCUT2D eigenvalue weighted by atomic mass is 10.0. The van der Waals surface area contributed by atoms with Gasteiger partial charge >= 0.3 is 0 Å². The van der Waals surface area contributed by atoms with Crippen LogP contribution in [0, 0.1) is 5.92 Å².